The van der Waals surface area contributed by atoms with Gasteiger partial charge in [0.05, 0.1) is 11.7 Å². The number of carbonyl (C=O) groups is 1. The minimum Gasteiger partial charge on any atom is -0.459 e. The Morgan fingerprint density at radius 2 is 1.80 bits per heavy atom. The molecule has 5 rings (SSSR count). The van der Waals surface area contributed by atoms with Crippen molar-refractivity contribution in [3.8, 4) is 11.3 Å². The van der Waals surface area contributed by atoms with E-state index in [4.69, 9.17) is 16.6 Å². The molecule has 0 radical (unpaired) electrons. The van der Waals surface area contributed by atoms with Gasteiger partial charge < -0.3 is 20.0 Å². The van der Waals surface area contributed by atoms with E-state index in [1.54, 1.807) is 6.20 Å². The maximum atomic E-state index is 12.8. The first-order chi connectivity index (χ1) is 17.1. The van der Waals surface area contributed by atoms with Crippen LogP contribution in [0.25, 0.3) is 11.3 Å². The number of rotatable bonds is 7. The third kappa shape index (κ3) is 4.95. The predicted octanol–water partition coefficient (Wildman–Crippen LogP) is 5.65. The second-order valence-corrected chi connectivity index (χ2v) is 8.89. The average Bonchev–Trinajstić information content (AvgIpc) is 3.50. The molecule has 1 aliphatic heterocycles. The first kappa shape index (κ1) is 22.8. The molecule has 0 saturated carbocycles. The molecule has 1 amide bonds. The molecule has 35 heavy (non-hydrogen) atoms. The fourth-order valence-corrected chi connectivity index (χ4v) is 4.70. The molecule has 0 aliphatic carbocycles. The third-order valence-corrected chi connectivity index (χ3v) is 6.53. The van der Waals surface area contributed by atoms with E-state index in [9.17, 15) is 4.79 Å². The average molecular weight is 483 g/mol. The number of carbonyl (C=O) groups excluding carboxylic acids is 1. The smallest absolute Gasteiger partial charge is 0.226 e. The van der Waals surface area contributed by atoms with Crippen LogP contribution in [-0.4, -0.2) is 27.4 Å². The van der Waals surface area contributed by atoms with Crippen molar-refractivity contribution in [3.05, 3.63) is 108 Å². The predicted molar refractivity (Wildman–Crippen MR) is 141 cm³/mol. The quantitative estimate of drug-likeness (QED) is 0.332. The van der Waals surface area contributed by atoms with Gasteiger partial charge in [-0.15, -0.1) is 0 Å². The van der Waals surface area contributed by atoms with Crippen LogP contribution in [-0.2, 0) is 4.79 Å². The summed E-state index contributed by atoms with van der Waals surface area (Å²) in [5.41, 5.74) is 3.72. The molecule has 3 heterocycles. The lowest BCUT2D eigenvalue weighted by Gasteiger charge is -2.26. The van der Waals surface area contributed by atoms with E-state index in [1.165, 1.54) is 0 Å². The van der Waals surface area contributed by atoms with E-state index < -0.39 is 0 Å². The summed E-state index contributed by atoms with van der Waals surface area (Å²) >= 11 is 5.71. The van der Waals surface area contributed by atoms with E-state index >= 15 is 0 Å². The van der Waals surface area contributed by atoms with Crippen LogP contribution in [0.4, 0.5) is 5.69 Å². The number of para-hydroxylation sites is 1. The van der Waals surface area contributed by atoms with Crippen molar-refractivity contribution in [1.82, 2.24) is 15.2 Å². The fourth-order valence-electron chi connectivity index (χ4n) is 4.37. The normalized spacial score (nSPS) is 17.3. The Morgan fingerprint density at radius 3 is 2.57 bits per heavy atom. The van der Waals surface area contributed by atoms with Crippen molar-refractivity contribution < 1.29 is 9.21 Å². The summed E-state index contributed by atoms with van der Waals surface area (Å²) in [5.74, 6) is 1.49. The highest BCUT2D eigenvalue weighted by molar-refractivity contribution is 7.80. The molecule has 2 aromatic heterocycles. The van der Waals surface area contributed by atoms with Gasteiger partial charge in [-0.05, 0) is 55.0 Å². The number of amides is 1. The Hall–Kier alpha value is -3.97. The monoisotopic (exact) mass is 482 g/mol. The van der Waals surface area contributed by atoms with E-state index in [2.05, 4.69) is 15.6 Å². The topological polar surface area (TPSA) is 70.4 Å². The van der Waals surface area contributed by atoms with Gasteiger partial charge in [0.25, 0.3) is 0 Å². The first-order valence-electron chi connectivity index (χ1n) is 11.6. The Balaban J connectivity index is 1.39. The molecule has 0 spiro atoms. The Kier molecular flexibility index (Phi) is 6.59. The van der Waals surface area contributed by atoms with Gasteiger partial charge in [0.1, 0.15) is 17.6 Å². The molecule has 176 valence electrons. The van der Waals surface area contributed by atoms with Crippen molar-refractivity contribution in [2.45, 2.75) is 25.4 Å². The summed E-state index contributed by atoms with van der Waals surface area (Å²) in [6, 6.07) is 27.1. The molecule has 1 saturated heterocycles. The molecular formula is C28H26N4O2S. The maximum Gasteiger partial charge on any atom is 0.226 e. The lowest BCUT2D eigenvalue weighted by molar-refractivity contribution is -0.116. The number of pyridine rings is 1. The number of hydrogen-bond donors (Lipinski definition) is 2. The Morgan fingerprint density at radius 1 is 1.03 bits per heavy atom. The number of hydrogen-bond acceptors (Lipinski definition) is 4. The Labute approximate surface area is 210 Å². The van der Waals surface area contributed by atoms with Crippen LogP contribution in [0.5, 0.6) is 0 Å². The van der Waals surface area contributed by atoms with Crippen LogP contribution in [0.3, 0.4) is 0 Å². The number of furan rings is 1. The van der Waals surface area contributed by atoms with Crippen LogP contribution < -0.4 is 10.6 Å². The van der Waals surface area contributed by atoms with Crippen molar-refractivity contribution >= 4 is 28.9 Å². The molecule has 7 heteroatoms. The highest BCUT2D eigenvalue weighted by Gasteiger charge is 2.41. The number of benzene rings is 2. The SMILES string of the molecule is Cc1ccccc1NC(=O)CCN1C(=S)NC(c2ccccn2)C1c1ccc(-c2ccccc2)o1. The van der Waals surface area contributed by atoms with Crippen molar-refractivity contribution in [2.24, 2.45) is 0 Å². The maximum absolute atomic E-state index is 12.8. The van der Waals surface area contributed by atoms with Gasteiger partial charge >= 0.3 is 0 Å². The van der Waals surface area contributed by atoms with E-state index in [0.29, 0.717) is 11.7 Å². The molecular weight excluding hydrogens is 456 g/mol. The van der Waals surface area contributed by atoms with Gasteiger partial charge in [0.15, 0.2) is 5.11 Å². The highest BCUT2D eigenvalue weighted by Crippen LogP contribution is 2.40. The molecule has 4 aromatic rings. The molecule has 1 aliphatic rings. The zero-order chi connectivity index (χ0) is 24.2. The summed E-state index contributed by atoms with van der Waals surface area (Å²) in [6.45, 7) is 2.42. The number of nitrogens with one attached hydrogen (secondary N) is 2. The van der Waals surface area contributed by atoms with E-state index in [0.717, 1.165) is 34.0 Å². The van der Waals surface area contributed by atoms with Crippen molar-refractivity contribution in [2.75, 3.05) is 11.9 Å². The fraction of sp³-hybridized carbons (Fsp3) is 0.179. The van der Waals surface area contributed by atoms with Crippen molar-refractivity contribution in [3.63, 3.8) is 0 Å². The molecule has 2 N–H and O–H groups in total. The number of aryl methyl sites for hydroxylation is 1. The van der Waals surface area contributed by atoms with Crippen LogP contribution in [0.15, 0.2) is 95.5 Å². The standard InChI is InChI=1S/C28H26N4O2S/c1-19-9-5-6-12-21(19)30-25(33)16-18-32-27(26(31-28(32)35)22-13-7-8-17-29-22)24-15-14-23(34-24)20-10-3-2-4-11-20/h2-15,17,26-27H,16,18H2,1H3,(H,30,33)(H,31,35). The molecule has 6 nitrogen and oxygen atoms in total. The van der Waals surface area contributed by atoms with Gasteiger partial charge in [-0.3, -0.25) is 9.78 Å². The van der Waals surface area contributed by atoms with Crippen LogP contribution in [0.1, 0.15) is 35.5 Å². The van der Waals surface area contributed by atoms with E-state index in [1.807, 2.05) is 96.8 Å². The minimum absolute atomic E-state index is 0.0634. The highest BCUT2D eigenvalue weighted by atomic mass is 32.1. The molecule has 2 atom stereocenters. The first-order valence-corrected chi connectivity index (χ1v) is 12.0. The van der Waals surface area contributed by atoms with Gasteiger partial charge in [-0.25, -0.2) is 0 Å². The number of anilines is 1. The van der Waals surface area contributed by atoms with Crippen LogP contribution >= 0.6 is 12.2 Å². The second kappa shape index (κ2) is 10.1. The third-order valence-electron chi connectivity index (χ3n) is 6.17. The van der Waals surface area contributed by atoms with Gasteiger partial charge in [-0.1, -0.05) is 54.6 Å². The summed E-state index contributed by atoms with van der Waals surface area (Å²) < 4.78 is 6.33. The van der Waals surface area contributed by atoms with Gasteiger partial charge in [0, 0.05) is 30.4 Å². The molecule has 0 bridgehead atoms. The zero-order valence-electron chi connectivity index (χ0n) is 19.3. The largest absolute Gasteiger partial charge is 0.459 e. The van der Waals surface area contributed by atoms with Crippen LogP contribution in [0.2, 0.25) is 0 Å². The second-order valence-electron chi connectivity index (χ2n) is 8.50. The number of aromatic nitrogens is 1. The summed E-state index contributed by atoms with van der Waals surface area (Å²) in [7, 11) is 0. The lowest BCUT2D eigenvalue weighted by Crippen LogP contribution is -2.32. The molecule has 2 unspecified atom stereocenters. The number of nitrogens with zero attached hydrogens (tertiary/aromatic N) is 2. The summed E-state index contributed by atoms with van der Waals surface area (Å²) in [6.07, 6.45) is 2.06. The minimum atomic E-state index is -0.235. The van der Waals surface area contributed by atoms with Crippen molar-refractivity contribution in [1.29, 1.82) is 0 Å². The van der Waals surface area contributed by atoms with Crippen LogP contribution in [0, 0.1) is 6.92 Å². The summed E-state index contributed by atoms with van der Waals surface area (Å²) in [5, 5.41) is 6.99. The zero-order valence-corrected chi connectivity index (χ0v) is 20.2. The van der Waals surface area contributed by atoms with E-state index in [-0.39, 0.29) is 24.4 Å². The van der Waals surface area contributed by atoms with Gasteiger partial charge in [0.2, 0.25) is 5.91 Å². The Bertz CT molecular complexity index is 1320. The summed E-state index contributed by atoms with van der Waals surface area (Å²) in [4.78, 5) is 19.4. The number of thiocarbonyl (C=S) groups is 1. The molecule has 1 fully saturated rings. The van der Waals surface area contributed by atoms with Gasteiger partial charge in [-0.2, -0.15) is 0 Å². The lowest BCUT2D eigenvalue weighted by atomic mass is 10.0. The molecule has 2 aromatic carbocycles.